The van der Waals surface area contributed by atoms with E-state index in [-0.39, 0.29) is 17.3 Å². The van der Waals surface area contributed by atoms with Gasteiger partial charge >= 0.3 is 0 Å². The number of fused-ring (bicyclic) bond motifs is 1. The summed E-state index contributed by atoms with van der Waals surface area (Å²) in [7, 11) is 0. The molecule has 2 aliphatic heterocycles. The highest BCUT2D eigenvalue weighted by atomic mass is 32.1. The summed E-state index contributed by atoms with van der Waals surface area (Å²) >= 11 is 1.10. The van der Waals surface area contributed by atoms with Gasteiger partial charge in [0.15, 0.2) is 10.9 Å². The van der Waals surface area contributed by atoms with Crippen molar-refractivity contribution in [2.24, 2.45) is 5.92 Å². The second kappa shape index (κ2) is 8.16. The molecule has 0 radical (unpaired) electrons. The maximum atomic E-state index is 13.8. The van der Waals surface area contributed by atoms with Crippen LogP contribution in [0.3, 0.4) is 0 Å². The van der Waals surface area contributed by atoms with Gasteiger partial charge in [0.05, 0.1) is 10.6 Å². The summed E-state index contributed by atoms with van der Waals surface area (Å²) in [6.07, 6.45) is 4.42. The van der Waals surface area contributed by atoms with E-state index in [2.05, 4.69) is 20.1 Å². The number of benzene rings is 1. The monoisotopic (exact) mass is 394 g/mol. The molecule has 2 aliphatic rings. The molecule has 0 saturated carbocycles. The molecule has 0 aliphatic carbocycles. The van der Waals surface area contributed by atoms with Crippen LogP contribution < -0.4 is 5.32 Å². The molecule has 5 nitrogen and oxygen atoms in total. The average Bonchev–Trinajstić information content (AvgIpc) is 3.29. The van der Waals surface area contributed by atoms with Crippen LogP contribution >= 0.6 is 11.3 Å². The largest absolute Gasteiger partial charge is 0.302 e. The third-order valence-electron chi connectivity index (χ3n) is 5.45. The number of thiazole rings is 1. The Hall–Kier alpha value is -1.64. The summed E-state index contributed by atoms with van der Waals surface area (Å²) in [5.41, 5.74) is 0.104. The Labute approximate surface area is 161 Å². The third kappa shape index (κ3) is 4.44. The lowest BCUT2D eigenvalue weighted by atomic mass is 9.97. The van der Waals surface area contributed by atoms with E-state index in [1.165, 1.54) is 32.0 Å². The number of aromatic nitrogens is 1. The first-order valence-corrected chi connectivity index (χ1v) is 10.4. The number of hydrogen-bond donors (Lipinski definition) is 1. The molecule has 0 spiro atoms. The van der Waals surface area contributed by atoms with E-state index < -0.39 is 11.6 Å². The topological polar surface area (TPSA) is 48.5 Å². The molecule has 3 heterocycles. The highest BCUT2D eigenvalue weighted by Gasteiger charge is 2.27. The normalized spacial score (nSPS) is 21.8. The van der Waals surface area contributed by atoms with Gasteiger partial charge in [0.2, 0.25) is 5.91 Å². The zero-order valence-corrected chi connectivity index (χ0v) is 16.0. The number of amides is 1. The number of nitrogens with one attached hydrogen (secondary N) is 1. The van der Waals surface area contributed by atoms with Gasteiger partial charge in [-0.25, -0.2) is 13.8 Å². The lowest BCUT2D eigenvalue weighted by Gasteiger charge is -2.32. The fraction of sp³-hybridized carbons (Fsp3) is 0.579. The van der Waals surface area contributed by atoms with Crippen LogP contribution in [0.4, 0.5) is 13.9 Å². The Morgan fingerprint density at radius 3 is 2.70 bits per heavy atom. The SMILES string of the molecule is O=C(Nc1nc2c(F)cc(F)cc2s1)C1CCCN(CCN2CCCC2)C1. The Morgan fingerprint density at radius 1 is 1.15 bits per heavy atom. The molecule has 1 atom stereocenters. The predicted molar refractivity (Wildman–Crippen MR) is 103 cm³/mol. The van der Waals surface area contributed by atoms with Crippen LogP contribution in [0.5, 0.6) is 0 Å². The maximum Gasteiger partial charge on any atom is 0.230 e. The Kier molecular flexibility index (Phi) is 5.66. The van der Waals surface area contributed by atoms with Gasteiger partial charge < -0.3 is 15.1 Å². The fourth-order valence-electron chi connectivity index (χ4n) is 3.98. The molecule has 2 saturated heterocycles. The van der Waals surface area contributed by atoms with Crippen molar-refractivity contribution in [3.63, 3.8) is 0 Å². The van der Waals surface area contributed by atoms with Gasteiger partial charge in [-0.2, -0.15) is 0 Å². The maximum absolute atomic E-state index is 13.8. The van der Waals surface area contributed by atoms with Crippen molar-refractivity contribution in [2.75, 3.05) is 44.6 Å². The minimum Gasteiger partial charge on any atom is -0.302 e. The molecule has 1 aromatic carbocycles. The minimum absolute atomic E-state index is 0.0826. The average molecular weight is 394 g/mol. The number of nitrogens with zero attached hydrogens (tertiary/aromatic N) is 3. The number of carbonyl (C=O) groups excluding carboxylic acids is 1. The molecular formula is C19H24F2N4OS. The van der Waals surface area contributed by atoms with Gasteiger partial charge in [0, 0.05) is 25.7 Å². The molecule has 2 fully saturated rings. The van der Waals surface area contributed by atoms with Crippen LogP contribution in [0.2, 0.25) is 0 Å². The van der Waals surface area contributed by atoms with Gasteiger partial charge in [-0.3, -0.25) is 4.79 Å². The summed E-state index contributed by atoms with van der Waals surface area (Å²) < 4.78 is 27.5. The molecule has 1 N–H and O–H groups in total. The lowest BCUT2D eigenvalue weighted by Crippen LogP contribution is -2.43. The van der Waals surface area contributed by atoms with Crippen LogP contribution in [-0.2, 0) is 4.79 Å². The van der Waals surface area contributed by atoms with Crippen LogP contribution in [0.15, 0.2) is 12.1 Å². The number of piperidine rings is 1. The molecule has 1 unspecified atom stereocenters. The van der Waals surface area contributed by atoms with E-state index in [4.69, 9.17) is 0 Å². The number of halogens is 2. The van der Waals surface area contributed by atoms with E-state index in [1.807, 2.05) is 0 Å². The fourth-order valence-corrected chi connectivity index (χ4v) is 4.89. The van der Waals surface area contributed by atoms with Crippen LogP contribution in [0.25, 0.3) is 10.2 Å². The summed E-state index contributed by atoms with van der Waals surface area (Å²) in [6.45, 7) is 6.21. The minimum atomic E-state index is -0.701. The number of likely N-dealkylation sites (tertiary alicyclic amines) is 2. The van der Waals surface area contributed by atoms with E-state index in [9.17, 15) is 13.6 Å². The molecule has 4 rings (SSSR count). The van der Waals surface area contributed by atoms with Gasteiger partial charge in [0.25, 0.3) is 0 Å². The summed E-state index contributed by atoms with van der Waals surface area (Å²) in [4.78, 5) is 21.6. The summed E-state index contributed by atoms with van der Waals surface area (Å²) in [5.74, 6) is -1.51. The van der Waals surface area contributed by atoms with Crippen molar-refractivity contribution >= 4 is 32.6 Å². The van der Waals surface area contributed by atoms with Crippen LogP contribution in [-0.4, -0.2) is 60.0 Å². The summed E-state index contributed by atoms with van der Waals surface area (Å²) in [5, 5.41) is 3.14. The van der Waals surface area contributed by atoms with Gasteiger partial charge in [-0.1, -0.05) is 11.3 Å². The Morgan fingerprint density at radius 2 is 1.89 bits per heavy atom. The number of rotatable bonds is 5. The Balaban J connectivity index is 1.35. The molecule has 8 heteroatoms. The van der Waals surface area contributed by atoms with Crippen molar-refractivity contribution in [1.29, 1.82) is 0 Å². The first-order chi connectivity index (χ1) is 13.1. The molecule has 27 heavy (non-hydrogen) atoms. The van der Waals surface area contributed by atoms with E-state index in [0.29, 0.717) is 9.83 Å². The first kappa shape index (κ1) is 18.7. The van der Waals surface area contributed by atoms with E-state index in [0.717, 1.165) is 56.4 Å². The summed E-state index contributed by atoms with van der Waals surface area (Å²) in [6, 6.07) is 2.06. The van der Waals surface area contributed by atoms with E-state index >= 15 is 0 Å². The van der Waals surface area contributed by atoms with E-state index in [1.54, 1.807) is 0 Å². The van der Waals surface area contributed by atoms with Crippen molar-refractivity contribution < 1.29 is 13.6 Å². The van der Waals surface area contributed by atoms with Gasteiger partial charge in [0.1, 0.15) is 11.3 Å². The van der Waals surface area contributed by atoms with Gasteiger partial charge in [-0.05, 0) is 51.4 Å². The quantitative estimate of drug-likeness (QED) is 0.845. The standard InChI is InChI=1S/C19H24F2N4OS/c20-14-10-15(21)17-16(11-14)27-19(22-17)23-18(26)13-4-3-7-25(12-13)9-8-24-5-1-2-6-24/h10-11,13H,1-9,12H2,(H,22,23,26). The zero-order valence-electron chi connectivity index (χ0n) is 15.2. The van der Waals surface area contributed by atoms with Crippen molar-refractivity contribution in [3.05, 3.63) is 23.8 Å². The second-order valence-corrected chi connectivity index (χ2v) is 8.46. The molecule has 2 aromatic rings. The number of hydrogen-bond acceptors (Lipinski definition) is 5. The van der Waals surface area contributed by atoms with Crippen molar-refractivity contribution in [2.45, 2.75) is 25.7 Å². The predicted octanol–water partition coefficient (Wildman–Crippen LogP) is 3.32. The number of carbonyl (C=O) groups is 1. The third-order valence-corrected chi connectivity index (χ3v) is 6.37. The highest BCUT2D eigenvalue weighted by Crippen LogP contribution is 2.29. The molecule has 146 valence electrons. The lowest BCUT2D eigenvalue weighted by molar-refractivity contribution is -0.121. The van der Waals surface area contributed by atoms with Gasteiger partial charge in [-0.15, -0.1) is 0 Å². The molecule has 0 bridgehead atoms. The zero-order chi connectivity index (χ0) is 18.8. The van der Waals surface area contributed by atoms with Crippen LogP contribution in [0.1, 0.15) is 25.7 Å². The Bertz CT molecular complexity index is 821. The molecular weight excluding hydrogens is 370 g/mol. The smallest absolute Gasteiger partial charge is 0.230 e. The highest BCUT2D eigenvalue weighted by molar-refractivity contribution is 7.22. The van der Waals surface area contributed by atoms with Crippen molar-refractivity contribution in [1.82, 2.24) is 14.8 Å². The van der Waals surface area contributed by atoms with Crippen molar-refractivity contribution in [3.8, 4) is 0 Å². The molecule has 1 aromatic heterocycles. The second-order valence-electron chi connectivity index (χ2n) is 7.43. The van der Waals surface area contributed by atoms with Crippen LogP contribution in [0, 0.1) is 17.6 Å². The number of anilines is 1. The first-order valence-electron chi connectivity index (χ1n) is 9.59. The molecule has 1 amide bonds.